The number of aromatic nitrogens is 2. The van der Waals surface area contributed by atoms with E-state index in [1.165, 1.54) is 37.9 Å². The maximum absolute atomic E-state index is 6.46. The first-order valence-corrected chi connectivity index (χ1v) is 8.47. The first kappa shape index (κ1) is 15.4. The molecule has 3 nitrogen and oxygen atoms in total. The van der Waals surface area contributed by atoms with Crippen molar-refractivity contribution < 1.29 is 0 Å². The summed E-state index contributed by atoms with van der Waals surface area (Å²) in [6.45, 7) is 8.92. The van der Waals surface area contributed by atoms with E-state index in [-0.39, 0.29) is 0 Å². The van der Waals surface area contributed by atoms with Crippen molar-refractivity contribution in [1.29, 1.82) is 0 Å². The normalized spacial score (nSPS) is 17.3. The van der Waals surface area contributed by atoms with Gasteiger partial charge in [0.15, 0.2) is 0 Å². The quantitative estimate of drug-likeness (QED) is 0.823. The summed E-state index contributed by atoms with van der Waals surface area (Å²) in [5.74, 6) is 3.32. The van der Waals surface area contributed by atoms with Gasteiger partial charge >= 0.3 is 0 Å². The van der Waals surface area contributed by atoms with E-state index in [1.54, 1.807) is 0 Å². The molecule has 1 aromatic rings. The average molecular weight is 277 g/mol. The Balaban J connectivity index is 2.41. The Labute approximate surface area is 124 Å². The van der Waals surface area contributed by atoms with Crippen molar-refractivity contribution in [2.45, 2.75) is 90.5 Å². The van der Waals surface area contributed by atoms with Crippen molar-refractivity contribution in [1.82, 2.24) is 9.55 Å². The second-order valence-electron chi connectivity index (χ2n) is 6.55. The van der Waals surface area contributed by atoms with E-state index >= 15 is 0 Å². The molecule has 3 heteroatoms. The number of hydrogen-bond donors (Lipinski definition) is 1. The van der Waals surface area contributed by atoms with Crippen LogP contribution in [-0.4, -0.2) is 9.55 Å². The van der Waals surface area contributed by atoms with Gasteiger partial charge in [-0.15, -0.1) is 0 Å². The van der Waals surface area contributed by atoms with Crippen LogP contribution in [0.3, 0.4) is 0 Å². The molecule has 0 aromatic carbocycles. The van der Waals surface area contributed by atoms with Crippen molar-refractivity contribution in [3.63, 3.8) is 0 Å². The molecule has 114 valence electrons. The molecule has 20 heavy (non-hydrogen) atoms. The van der Waals surface area contributed by atoms with Gasteiger partial charge < -0.3 is 10.3 Å². The summed E-state index contributed by atoms with van der Waals surface area (Å²) in [5, 5.41) is 0. The fourth-order valence-corrected chi connectivity index (χ4v) is 3.65. The maximum Gasteiger partial charge on any atom is 0.127 e. The standard InChI is InChI=1S/C17H31N3/c1-5-13(6-2)15-16(18)20(12(3)4)17(19-15)14-10-8-7-9-11-14/h12-14H,5-11,18H2,1-4H3. The lowest BCUT2D eigenvalue weighted by Gasteiger charge is -2.24. The van der Waals surface area contributed by atoms with Crippen LogP contribution in [0.2, 0.25) is 0 Å². The molecule has 0 atom stereocenters. The van der Waals surface area contributed by atoms with Gasteiger partial charge in [-0.1, -0.05) is 33.1 Å². The molecular weight excluding hydrogens is 246 g/mol. The third kappa shape index (κ3) is 2.87. The van der Waals surface area contributed by atoms with Gasteiger partial charge in [-0.2, -0.15) is 0 Å². The van der Waals surface area contributed by atoms with E-state index in [2.05, 4.69) is 32.3 Å². The van der Waals surface area contributed by atoms with Crippen LogP contribution in [-0.2, 0) is 0 Å². The highest BCUT2D eigenvalue weighted by Gasteiger charge is 2.27. The predicted molar refractivity (Wildman–Crippen MR) is 86.2 cm³/mol. The van der Waals surface area contributed by atoms with Crippen molar-refractivity contribution in [3.05, 3.63) is 11.5 Å². The van der Waals surface area contributed by atoms with Crippen molar-refractivity contribution in [2.24, 2.45) is 0 Å². The highest BCUT2D eigenvalue weighted by Crippen LogP contribution is 2.38. The van der Waals surface area contributed by atoms with E-state index < -0.39 is 0 Å². The number of nitrogens with zero attached hydrogens (tertiary/aromatic N) is 2. The Morgan fingerprint density at radius 3 is 2.25 bits per heavy atom. The van der Waals surface area contributed by atoms with Gasteiger partial charge in [-0.05, 0) is 39.5 Å². The number of anilines is 1. The highest BCUT2D eigenvalue weighted by atomic mass is 15.2. The molecule has 0 spiro atoms. The van der Waals surface area contributed by atoms with Crippen molar-refractivity contribution >= 4 is 5.82 Å². The summed E-state index contributed by atoms with van der Waals surface area (Å²) in [6.07, 6.45) is 8.89. The van der Waals surface area contributed by atoms with Crippen LogP contribution < -0.4 is 5.73 Å². The summed E-state index contributed by atoms with van der Waals surface area (Å²) in [5.41, 5.74) is 7.62. The summed E-state index contributed by atoms with van der Waals surface area (Å²) in [4.78, 5) is 5.03. The molecular formula is C17H31N3. The largest absolute Gasteiger partial charge is 0.384 e. The van der Waals surface area contributed by atoms with Crippen LogP contribution in [0, 0.1) is 0 Å². The Morgan fingerprint density at radius 2 is 1.75 bits per heavy atom. The molecule has 1 aromatic heterocycles. The highest BCUT2D eigenvalue weighted by molar-refractivity contribution is 5.42. The fourth-order valence-electron chi connectivity index (χ4n) is 3.65. The minimum Gasteiger partial charge on any atom is -0.384 e. The second kappa shape index (κ2) is 6.64. The molecule has 1 fully saturated rings. The minimum absolute atomic E-state index is 0.405. The fraction of sp³-hybridized carbons (Fsp3) is 0.824. The van der Waals surface area contributed by atoms with Crippen LogP contribution in [0.15, 0.2) is 0 Å². The Morgan fingerprint density at radius 1 is 1.15 bits per heavy atom. The Bertz CT molecular complexity index is 424. The molecule has 2 rings (SSSR count). The Kier molecular flexibility index (Phi) is 5.11. The predicted octanol–water partition coefficient (Wildman–Crippen LogP) is 5.00. The summed E-state index contributed by atoms with van der Waals surface area (Å²) >= 11 is 0. The molecule has 1 aliphatic rings. The number of hydrogen-bond acceptors (Lipinski definition) is 2. The third-order valence-electron chi connectivity index (χ3n) is 4.86. The van der Waals surface area contributed by atoms with E-state index in [4.69, 9.17) is 10.7 Å². The SMILES string of the molecule is CCC(CC)c1nc(C2CCCCC2)n(C(C)C)c1N. The van der Waals surface area contributed by atoms with Gasteiger partial charge in [-0.25, -0.2) is 4.98 Å². The van der Waals surface area contributed by atoms with Gasteiger partial charge in [0, 0.05) is 17.9 Å². The van der Waals surface area contributed by atoms with Gasteiger partial charge in [0.2, 0.25) is 0 Å². The monoisotopic (exact) mass is 277 g/mol. The first-order valence-electron chi connectivity index (χ1n) is 8.47. The van der Waals surface area contributed by atoms with Crippen molar-refractivity contribution in [3.8, 4) is 0 Å². The molecule has 1 saturated carbocycles. The zero-order valence-electron chi connectivity index (χ0n) is 13.7. The van der Waals surface area contributed by atoms with Gasteiger partial charge in [0.25, 0.3) is 0 Å². The van der Waals surface area contributed by atoms with Crippen LogP contribution in [0.4, 0.5) is 5.82 Å². The molecule has 0 saturated heterocycles. The first-order chi connectivity index (χ1) is 9.60. The third-order valence-corrected chi connectivity index (χ3v) is 4.86. The number of rotatable bonds is 5. The molecule has 0 bridgehead atoms. The number of nitrogen functional groups attached to an aromatic ring is 1. The lowest BCUT2D eigenvalue weighted by molar-refractivity contribution is 0.407. The topological polar surface area (TPSA) is 43.8 Å². The van der Waals surface area contributed by atoms with Gasteiger partial charge in [0.1, 0.15) is 11.6 Å². The van der Waals surface area contributed by atoms with E-state index in [0.717, 1.165) is 24.4 Å². The second-order valence-corrected chi connectivity index (χ2v) is 6.55. The minimum atomic E-state index is 0.405. The van der Waals surface area contributed by atoms with E-state index in [9.17, 15) is 0 Å². The molecule has 1 aliphatic carbocycles. The lowest BCUT2D eigenvalue weighted by Crippen LogP contribution is -2.15. The van der Waals surface area contributed by atoms with Crippen LogP contribution in [0.5, 0.6) is 0 Å². The zero-order valence-corrected chi connectivity index (χ0v) is 13.7. The summed E-state index contributed by atoms with van der Waals surface area (Å²) in [6, 6.07) is 0.405. The number of imidazole rings is 1. The Hall–Kier alpha value is -0.990. The average Bonchev–Trinajstić information content (AvgIpc) is 2.79. The van der Waals surface area contributed by atoms with Gasteiger partial charge in [-0.3, -0.25) is 0 Å². The summed E-state index contributed by atoms with van der Waals surface area (Å²) < 4.78 is 2.31. The number of nitrogens with two attached hydrogens (primary N) is 1. The molecule has 0 aliphatic heterocycles. The molecule has 0 unspecified atom stereocenters. The van der Waals surface area contributed by atoms with E-state index in [1.807, 2.05) is 0 Å². The maximum atomic E-state index is 6.46. The zero-order chi connectivity index (χ0) is 14.7. The molecule has 1 heterocycles. The van der Waals surface area contributed by atoms with E-state index in [0.29, 0.717) is 17.9 Å². The van der Waals surface area contributed by atoms with Crippen molar-refractivity contribution in [2.75, 3.05) is 5.73 Å². The molecule has 2 N–H and O–H groups in total. The van der Waals surface area contributed by atoms with Crippen LogP contribution >= 0.6 is 0 Å². The summed E-state index contributed by atoms with van der Waals surface area (Å²) in [7, 11) is 0. The van der Waals surface area contributed by atoms with Gasteiger partial charge in [0.05, 0.1) is 5.69 Å². The lowest BCUT2D eigenvalue weighted by atomic mass is 9.88. The van der Waals surface area contributed by atoms with Crippen LogP contribution in [0.1, 0.15) is 102 Å². The van der Waals surface area contributed by atoms with Crippen LogP contribution in [0.25, 0.3) is 0 Å². The smallest absolute Gasteiger partial charge is 0.127 e. The molecule has 0 radical (unpaired) electrons. The molecule has 0 amide bonds.